The van der Waals surface area contributed by atoms with Crippen LogP contribution >= 0.6 is 11.3 Å². The van der Waals surface area contributed by atoms with Crippen molar-refractivity contribution >= 4 is 27.9 Å². The SMILES string of the molecule is CNC(=O)c1c(N(C)Cc2ccncc2)sc(C#N)c1N. The molecule has 2 rings (SSSR count). The van der Waals surface area contributed by atoms with Gasteiger partial charge in [0.15, 0.2) is 0 Å². The van der Waals surface area contributed by atoms with Crippen molar-refractivity contribution < 1.29 is 4.79 Å². The molecule has 2 aromatic rings. The molecule has 0 aliphatic carbocycles. The molecule has 108 valence electrons. The minimum atomic E-state index is -0.290. The van der Waals surface area contributed by atoms with Gasteiger partial charge >= 0.3 is 0 Å². The lowest BCUT2D eigenvalue weighted by Crippen LogP contribution is -2.23. The summed E-state index contributed by atoms with van der Waals surface area (Å²) in [6.07, 6.45) is 3.43. The summed E-state index contributed by atoms with van der Waals surface area (Å²) in [5.74, 6) is -0.290. The van der Waals surface area contributed by atoms with E-state index in [1.165, 1.54) is 18.4 Å². The number of nitrogen functional groups attached to an aromatic ring is 1. The maximum Gasteiger partial charge on any atom is 0.256 e. The van der Waals surface area contributed by atoms with Crippen LogP contribution in [0.1, 0.15) is 20.8 Å². The molecule has 2 aromatic heterocycles. The molecule has 0 fully saturated rings. The number of thiophene rings is 1. The average molecular weight is 301 g/mol. The Morgan fingerprint density at radius 3 is 2.76 bits per heavy atom. The Morgan fingerprint density at radius 1 is 1.52 bits per heavy atom. The Hall–Kier alpha value is -2.59. The van der Waals surface area contributed by atoms with Gasteiger partial charge in [-0.1, -0.05) is 0 Å². The lowest BCUT2D eigenvalue weighted by molar-refractivity contribution is 0.0965. The van der Waals surface area contributed by atoms with E-state index in [1.807, 2.05) is 30.1 Å². The Labute approximate surface area is 126 Å². The molecule has 21 heavy (non-hydrogen) atoms. The normalized spacial score (nSPS) is 9.95. The minimum absolute atomic E-state index is 0.235. The monoisotopic (exact) mass is 301 g/mol. The highest BCUT2D eigenvalue weighted by Gasteiger charge is 2.23. The standard InChI is InChI=1S/C14H15N5OS/c1-17-13(20)11-12(16)10(7-15)21-14(11)19(2)8-9-3-5-18-6-4-9/h3-6H,8,16H2,1-2H3,(H,17,20). The lowest BCUT2D eigenvalue weighted by Gasteiger charge is -2.19. The van der Waals surface area contributed by atoms with Crippen LogP contribution < -0.4 is 16.0 Å². The van der Waals surface area contributed by atoms with Crippen LogP contribution in [0.3, 0.4) is 0 Å². The van der Waals surface area contributed by atoms with E-state index in [-0.39, 0.29) is 11.6 Å². The Morgan fingerprint density at radius 2 is 2.19 bits per heavy atom. The van der Waals surface area contributed by atoms with Gasteiger partial charge in [-0.25, -0.2) is 0 Å². The maximum atomic E-state index is 12.0. The quantitative estimate of drug-likeness (QED) is 0.894. The number of nitrogens with zero attached hydrogens (tertiary/aromatic N) is 3. The number of hydrogen-bond acceptors (Lipinski definition) is 6. The number of carbonyl (C=O) groups is 1. The van der Waals surface area contributed by atoms with Crippen molar-refractivity contribution in [3.8, 4) is 6.07 Å². The molecule has 0 saturated carbocycles. The van der Waals surface area contributed by atoms with Crippen molar-refractivity contribution in [3.05, 3.63) is 40.5 Å². The highest BCUT2D eigenvalue weighted by atomic mass is 32.1. The van der Waals surface area contributed by atoms with Crippen molar-refractivity contribution in [1.29, 1.82) is 5.26 Å². The number of hydrogen-bond donors (Lipinski definition) is 2. The van der Waals surface area contributed by atoms with Gasteiger partial charge in [-0.2, -0.15) is 5.26 Å². The van der Waals surface area contributed by atoms with E-state index in [0.29, 0.717) is 22.0 Å². The molecule has 3 N–H and O–H groups in total. The fourth-order valence-corrected chi connectivity index (χ4v) is 2.94. The van der Waals surface area contributed by atoms with Crippen LogP contribution in [0.2, 0.25) is 0 Å². The molecule has 0 unspecified atom stereocenters. The number of rotatable bonds is 4. The first-order valence-electron chi connectivity index (χ1n) is 6.23. The van der Waals surface area contributed by atoms with E-state index in [0.717, 1.165) is 5.56 Å². The summed E-state index contributed by atoms with van der Waals surface area (Å²) in [7, 11) is 3.40. The number of anilines is 2. The van der Waals surface area contributed by atoms with Crippen LogP contribution in [-0.2, 0) is 6.54 Å². The van der Waals surface area contributed by atoms with Crippen LogP contribution in [0, 0.1) is 11.3 Å². The number of nitrogens with one attached hydrogen (secondary N) is 1. The van der Waals surface area contributed by atoms with Crippen LogP contribution in [-0.4, -0.2) is 25.0 Å². The number of nitriles is 1. The van der Waals surface area contributed by atoms with Gasteiger partial charge in [-0.15, -0.1) is 11.3 Å². The van der Waals surface area contributed by atoms with Gasteiger partial charge in [-0.3, -0.25) is 9.78 Å². The Balaban J connectivity index is 2.38. The second kappa shape index (κ2) is 6.24. The van der Waals surface area contributed by atoms with E-state index in [9.17, 15) is 4.79 Å². The number of aromatic nitrogens is 1. The Kier molecular flexibility index (Phi) is 4.40. The lowest BCUT2D eigenvalue weighted by atomic mass is 10.2. The van der Waals surface area contributed by atoms with Crippen LogP contribution in [0.4, 0.5) is 10.7 Å². The van der Waals surface area contributed by atoms with Crippen molar-refractivity contribution in [2.75, 3.05) is 24.7 Å². The molecule has 0 spiro atoms. The molecular weight excluding hydrogens is 286 g/mol. The molecule has 7 heteroatoms. The molecule has 0 radical (unpaired) electrons. The number of nitrogens with two attached hydrogens (primary N) is 1. The largest absolute Gasteiger partial charge is 0.396 e. The highest BCUT2D eigenvalue weighted by molar-refractivity contribution is 7.17. The summed E-state index contributed by atoms with van der Waals surface area (Å²) in [6.45, 7) is 0.595. The third kappa shape index (κ3) is 2.95. The van der Waals surface area contributed by atoms with E-state index in [2.05, 4.69) is 10.3 Å². The van der Waals surface area contributed by atoms with Gasteiger partial charge in [0.25, 0.3) is 5.91 Å². The average Bonchev–Trinajstić information content (AvgIpc) is 2.84. The Bertz CT molecular complexity index is 689. The summed E-state index contributed by atoms with van der Waals surface area (Å²) >= 11 is 1.22. The van der Waals surface area contributed by atoms with Gasteiger partial charge in [0.1, 0.15) is 15.9 Å². The summed E-state index contributed by atoms with van der Waals surface area (Å²) in [5.41, 5.74) is 7.56. The third-order valence-corrected chi connectivity index (χ3v) is 4.22. The first-order chi connectivity index (χ1) is 10.1. The zero-order chi connectivity index (χ0) is 15.4. The fraction of sp³-hybridized carbons (Fsp3) is 0.214. The highest BCUT2D eigenvalue weighted by Crippen LogP contribution is 2.37. The van der Waals surface area contributed by atoms with E-state index in [4.69, 9.17) is 11.0 Å². The molecule has 1 amide bonds. The van der Waals surface area contributed by atoms with Crippen LogP contribution in [0.25, 0.3) is 0 Å². The molecule has 0 aliphatic heterocycles. The van der Waals surface area contributed by atoms with Gasteiger partial charge in [0, 0.05) is 33.0 Å². The van der Waals surface area contributed by atoms with E-state index >= 15 is 0 Å². The zero-order valence-corrected chi connectivity index (χ0v) is 12.6. The predicted molar refractivity (Wildman–Crippen MR) is 83.2 cm³/mol. The molecule has 0 aliphatic rings. The first-order valence-corrected chi connectivity index (χ1v) is 7.04. The second-order valence-corrected chi connectivity index (χ2v) is 5.43. The van der Waals surface area contributed by atoms with Gasteiger partial charge in [0.2, 0.25) is 0 Å². The smallest absolute Gasteiger partial charge is 0.256 e. The predicted octanol–water partition coefficient (Wildman–Crippen LogP) is 1.59. The molecule has 0 atom stereocenters. The summed E-state index contributed by atoms with van der Waals surface area (Å²) < 4.78 is 0. The molecule has 0 aromatic carbocycles. The fourth-order valence-electron chi connectivity index (χ4n) is 1.96. The summed E-state index contributed by atoms with van der Waals surface area (Å²) in [5, 5.41) is 12.3. The molecular formula is C14H15N5OS. The second-order valence-electron chi connectivity index (χ2n) is 4.43. The molecule has 6 nitrogen and oxygen atoms in total. The van der Waals surface area contributed by atoms with Crippen molar-refractivity contribution in [3.63, 3.8) is 0 Å². The molecule has 2 heterocycles. The molecule has 0 bridgehead atoms. The number of carbonyl (C=O) groups excluding carboxylic acids is 1. The summed E-state index contributed by atoms with van der Waals surface area (Å²) in [6, 6.07) is 5.83. The summed E-state index contributed by atoms with van der Waals surface area (Å²) in [4.78, 5) is 18.2. The third-order valence-electron chi connectivity index (χ3n) is 3.00. The topological polar surface area (TPSA) is 95.0 Å². The van der Waals surface area contributed by atoms with Gasteiger partial charge < -0.3 is 16.0 Å². The van der Waals surface area contributed by atoms with Crippen molar-refractivity contribution in [1.82, 2.24) is 10.3 Å². The molecule has 0 saturated heterocycles. The van der Waals surface area contributed by atoms with Crippen molar-refractivity contribution in [2.24, 2.45) is 0 Å². The van der Waals surface area contributed by atoms with E-state index < -0.39 is 0 Å². The minimum Gasteiger partial charge on any atom is -0.396 e. The van der Waals surface area contributed by atoms with Crippen molar-refractivity contribution in [2.45, 2.75) is 6.54 Å². The van der Waals surface area contributed by atoms with Crippen LogP contribution in [0.5, 0.6) is 0 Å². The zero-order valence-electron chi connectivity index (χ0n) is 11.8. The number of amides is 1. The maximum absolute atomic E-state index is 12.0. The number of pyridine rings is 1. The van der Waals surface area contributed by atoms with Gasteiger partial charge in [0.05, 0.1) is 11.3 Å². The van der Waals surface area contributed by atoms with Gasteiger partial charge in [-0.05, 0) is 17.7 Å². The first kappa shape index (κ1) is 14.8. The van der Waals surface area contributed by atoms with Crippen LogP contribution in [0.15, 0.2) is 24.5 Å². The van der Waals surface area contributed by atoms with E-state index in [1.54, 1.807) is 12.4 Å².